The lowest BCUT2D eigenvalue weighted by Crippen LogP contribution is -2.11. The average Bonchev–Trinajstić information content (AvgIpc) is 2.29. The number of carboxylic acid groups (broad SMARTS) is 1. The van der Waals surface area contributed by atoms with Gasteiger partial charge in [0.05, 0.1) is 6.61 Å². The number of benzene rings is 1. The SMILES string of the molecule is CCOC(=O)/C(=C\C(=O)O)Cc1ccccc1. The Bertz CT molecular complexity index is 420. The molecule has 0 fully saturated rings. The molecule has 0 atom stereocenters. The molecule has 0 saturated carbocycles. The van der Waals surface area contributed by atoms with Crippen molar-refractivity contribution >= 4 is 11.9 Å². The highest BCUT2D eigenvalue weighted by atomic mass is 16.5. The van der Waals surface area contributed by atoms with Gasteiger partial charge in [0, 0.05) is 18.1 Å². The van der Waals surface area contributed by atoms with Crippen LogP contribution in [-0.4, -0.2) is 23.7 Å². The van der Waals surface area contributed by atoms with Crippen molar-refractivity contribution < 1.29 is 19.4 Å². The fraction of sp³-hybridized carbons (Fsp3) is 0.231. The van der Waals surface area contributed by atoms with Crippen LogP contribution in [0.3, 0.4) is 0 Å². The highest BCUT2D eigenvalue weighted by molar-refractivity contribution is 5.96. The fourth-order valence-corrected chi connectivity index (χ4v) is 1.37. The Balaban J connectivity index is 2.85. The lowest BCUT2D eigenvalue weighted by molar-refractivity contribution is -0.139. The third-order valence-electron chi connectivity index (χ3n) is 2.07. The van der Waals surface area contributed by atoms with Gasteiger partial charge in [-0.15, -0.1) is 0 Å². The molecule has 0 unspecified atom stereocenters. The Morgan fingerprint density at radius 2 is 1.94 bits per heavy atom. The molecule has 1 N–H and O–H groups in total. The third-order valence-corrected chi connectivity index (χ3v) is 2.07. The van der Waals surface area contributed by atoms with Gasteiger partial charge in [-0.25, -0.2) is 9.59 Å². The molecule has 1 aromatic carbocycles. The van der Waals surface area contributed by atoms with Crippen LogP contribution in [0, 0.1) is 0 Å². The van der Waals surface area contributed by atoms with E-state index < -0.39 is 11.9 Å². The van der Waals surface area contributed by atoms with Gasteiger partial charge in [0.2, 0.25) is 0 Å². The van der Waals surface area contributed by atoms with Crippen LogP contribution in [0.25, 0.3) is 0 Å². The second-order valence-corrected chi connectivity index (χ2v) is 3.39. The minimum Gasteiger partial charge on any atom is -0.478 e. The Morgan fingerprint density at radius 3 is 2.47 bits per heavy atom. The predicted molar refractivity (Wildman–Crippen MR) is 62.5 cm³/mol. The number of carbonyl (C=O) groups excluding carboxylic acids is 1. The standard InChI is InChI=1S/C13H14O4/c1-2-17-13(16)11(9-12(14)15)8-10-6-4-3-5-7-10/h3-7,9H,2,8H2,1H3,(H,14,15)/b11-9-. The van der Waals surface area contributed by atoms with E-state index >= 15 is 0 Å². The number of aliphatic carboxylic acids is 1. The normalized spacial score (nSPS) is 11.0. The molecule has 1 aromatic rings. The predicted octanol–water partition coefficient (Wildman–Crippen LogP) is 1.80. The van der Waals surface area contributed by atoms with Crippen molar-refractivity contribution in [2.75, 3.05) is 6.61 Å². The molecule has 1 rings (SSSR count). The van der Waals surface area contributed by atoms with Crippen LogP contribution < -0.4 is 0 Å². The van der Waals surface area contributed by atoms with E-state index in [2.05, 4.69) is 0 Å². The summed E-state index contributed by atoms with van der Waals surface area (Å²) < 4.78 is 4.81. The monoisotopic (exact) mass is 234 g/mol. The summed E-state index contributed by atoms with van der Waals surface area (Å²) in [5.74, 6) is -1.73. The average molecular weight is 234 g/mol. The quantitative estimate of drug-likeness (QED) is 0.623. The minimum atomic E-state index is -1.15. The number of rotatable bonds is 5. The zero-order valence-corrected chi connectivity index (χ0v) is 9.55. The first-order chi connectivity index (χ1) is 8.13. The zero-order valence-electron chi connectivity index (χ0n) is 9.55. The van der Waals surface area contributed by atoms with Crippen LogP contribution in [0.15, 0.2) is 42.0 Å². The first-order valence-corrected chi connectivity index (χ1v) is 5.28. The van der Waals surface area contributed by atoms with E-state index in [0.29, 0.717) is 0 Å². The molecule has 17 heavy (non-hydrogen) atoms. The van der Waals surface area contributed by atoms with Crippen molar-refractivity contribution in [3.63, 3.8) is 0 Å². The van der Waals surface area contributed by atoms with Crippen molar-refractivity contribution in [1.82, 2.24) is 0 Å². The second-order valence-electron chi connectivity index (χ2n) is 3.39. The summed E-state index contributed by atoms with van der Waals surface area (Å²) in [7, 11) is 0. The Hall–Kier alpha value is -2.10. The van der Waals surface area contributed by atoms with Crippen LogP contribution in [0.2, 0.25) is 0 Å². The molecule has 4 nitrogen and oxygen atoms in total. The van der Waals surface area contributed by atoms with Gasteiger partial charge < -0.3 is 9.84 Å². The van der Waals surface area contributed by atoms with E-state index in [4.69, 9.17) is 9.84 Å². The van der Waals surface area contributed by atoms with E-state index in [1.165, 1.54) is 0 Å². The Kier molecular flexibility index (Phi) is 4.94. The molecule has 4 heteroatoms. The number of hydrogen-bond donors (Lipinski definition) is 1. The zero-order chi connectivity index (χ0) is 12.7. The largest absolute Gasteiger partial charge is 0.478 e. The molecular weight excluding hydrogens is 220 g/mol. The molecule has 90 valence electrons. The maximum Gasteiger partial charge on any atom is 0.334 e. The molecule has 0 bridgehead atoms. The molecule has 0 aromatic heterocycles. The molecule has 0 aliphatic heterocycles. The summed E-state index contributed by atoms with van der Waals surface area (Å²) in [6.07, 6.45) is 1.15. The molecule has 0 aliphatic carbocycles. The second kappa shape index (κ2) is 6.48. The summed E-state index contributed by atoms with van der Waals surface area (Å²) >= 11 is 0. The van der Waals surface area contributed by atoms with Crippen LogP contribution in [0.5, 0.6) is 0 Å². The van der Waals surface area contributed by atoms with Crippen molar-refractivity contribution in [2.45, 2.75) is 13.3 Å². The van der Waals surface area contributed by atoms with Crippen LogP contribution in [0.4, 0.5) is 0 Å². The Morgan fingerprint density at radius 1 is 1.29 bits per heavy atom. The van der Waals surface area contributed by atoms with Gasteiger partial charge in [-0.05, 0) is 12.5 Å². The van der Waals surface area contributed by atoms with Gasteiger partial charge in [0.25, 0.3) is 0 Å². The summed E-state index contributed by atoms with van der Waals surface area (Å²) in [6, 6.07) is 9.18. The highest BCUT2D eigenvalue weighted by Crippen LogP contribution is 2.09. The number of esters is 1. The number of hydrogen-bond acceptors (Lipinski definition) is 3. The summed E-state index contributed by atoms with van der Waals surface area (Å²) in [5, 5.41) is 8.69. The molecule has 0 aliphatic rings. The lowest BCUT2D eigenvalue weighted by atomic mass is 10.1. The van der Waals surface area contributed by atoms with Gasteiger partial charge in [-0.2, -0.15) is 0 Å². The fourth-order valence-electron chi connectivity index (χ4n) is 1.37. The molecule has 0 saturated heterocycles. The number of carbonyl (C=O) groups is 2. The third kappa shape index (κ3) is 4.51. The van der Waals surface area contributed by atoms with E-state index in [1.54, 1.807) is 6.92 Å². The number of ether oxygens (including phenoxy) is 1. The van der Waals surface area contributed by atoms with E-state index in [1.807, 2.05) is 30.3 Å². The van der Waals surface area contributed by atoms with Gasteiger partial charge in [0.15, 0.2) is 0 Å². The molecular formula is C13H14O4. The molecule has 0 spiro atoms. The van der Waals surface area contributed by atoms with Crippen molar-refractivity contribution in [3.05, 3.63) is 47.5 Å². The van der Waals surface area contributed by atoms with E-state index in [9.17, 15) is 9.59 Å². The van der Waals surface area contributed by atoms with Crippen molar-refractivity contribution in [1.29, 1.82) is 0 Å². The van der Waals surface area contributed by atoms with Crippen LogP contribution in [-0.2, 0) is 20.7 Å². The van der Waals surface area contributed by atoms with Crippen LogP contribution >= 0.6 is 0 Å². The lowest BCUT2D eigenvalue weighted by Gasteiger charge is -2.06. The maximum absolute atomic E-state index is 11.5. The summed E-state index contributed by atoms with van der Waals surface area (Å²) in [4.78, 5) is 22.2. The molecule has 0 radical (unpaired) electrons. The molecule has 0 amide bonds. The topological polar surface area (TPSA) is 63.6 Å². The first kappa shape index (κ1) is 13.0. The highest BCUT2D eigenvalue weighted by Gasteiger charge is 2.12. The minimum absolute atomic E-state index is 0.144. The van der Waals surface area contributed by atoms with Gasteiger partial charge in [-0.3, -0.25) is 0 Å². The Labute approximate surface area is 99.5 Å². The number of carboxylic acids is 1. The van der Waals surface area contributed by atoms with Gasteiger partial charge >= 0.3 is 11.9 Å². The maximum atomic E-state index is 11.5. The van der Waals surface area contributed by atoms with Crippen molar-refractivity contribution in [2.24, 2.45) is 0 Å². The van der Waals surface area contributed by atoms with Gasteiger partial charge in [-0.1, -0.05) is 30.3 Å². The smallest absolute Gasteiger partial charge is 0.334 e. The van der Waals surface area contributed by atoms with Gasteiger partial charge in [0.1, 0.15) is 0 Å². The summed E-state index contributed by atoms with van der Waals surface area (Å²) in [5.41, 5.74) is 1.01. The molecule has 0 heterocycles. The van der Waals surface area contributed by atoms with Crippen LogP contribution in [0.1, 0.15) is 12.5 Å². The van der Waals surface area contributed by atoms with E-state index in [0.717, 1.165) is 11.6 Å². The summed E-state index contributed by atoms with van der Waals surface area (Å²) in [6.45, 7) is 1.91. The first-order valence-electron chi connectivity index (χ1n) is 5.28. The van der Waals surface area contributed by atoms with E-state index in [-0.39, 0.29) is 18.6 Å². The van der Waals surface area contributed by atoms with Crippen molar-refractivity contribution in [3.8, 4) is 0 Å².